The van der Waals surface area contributed by atoms with Crippen molar-refractivity contribution < 1.29 is 22.5 Å². The lowest BCUT2D eigenvalue weighted by atomic mass is 10.1. The number of carbonyl (C=O) groups excluding carboxylic acids is 1. The Kier molecular flexibility index (Phi) is 5.36. The fraction of sp³-hybridized carbons (Fsp3) is 0.524. The van der Waals surface area contributed by atoms with E-state index in [0.29, 0.717) is 36.7 Å². The Morgan fingerprint density at radius 3 is 2.63 bits per heavy atom. The molecular weight excluding hydrogens is 406 g/mol. The zero-order valence-electron chi connectivity index (χ0n) is 17.7. The van der Waals surface area contributed by atoms with Crippen LogP contribution in [0.2, 0.25) is 0 Å². The molecule has 1 aliphatic carbocycles. The smallest absolute Gasteiger partial charge is 0.260 e. The Bertz CT molecular complexity index is 1050. The number of hydrogen-bond acceptors (Lipinski definition) is 6. The van der Waals surface area contributed by atoms with Crippen LogP contribution >= 0.6 is 0 Å². The highest BCUT2D eigenvalue weighted by atomic mass is 32.2. The molecule has 0 radical (unpaired) electrons. The van der Waals surface area contributed by atoms with Gasteiger partial charge in [0.25, 0.3) is 5.91 Å². The van der Waals surface area contributed by atoms with Crippen LogP contribution in [0.1, 0.15) is 52.7 Å². The van der Waals surface area contributed by atoms with Crippen LogP contribution in [-0.2, 0) is 23.1 Å². The van der Waals surface area contributed by atoms with Gasteiger partial charge in [-0.3, -0.25) is 4.79 Å². The molecule has 1 aromatic heterocycles. The molecule has 1 atom stereocenters. The van der Waals surface area contributed by atoms with Crippen LogP contribution in [0, 0.1) is 13.8 Å². The molecule has 0 unspecified atom stereocenters. The molecular formula is C21H27N3O5S. The molecule has 0 N–H and O–H groups in total. The molecule has 8 nitrogen and oxygen atoms in total. The second kappa shape index (κ2) is 7.70. The fourth-order valence-corrected chi connectivity index (χ4v) is 5.03. The third kappa shape index (κ3) is 4.09. The van der Waals surface area contributed by atoms with Gasteiger partial charge in [-0.25, -0.2) is 8.42 Å². The highest BCUT2D eigenvalue weighted by Gasteiger charge is 2.35. The molecule has 4 rings (SSSR count). The van der Waals surface area contributed by atoms with Crippen LogP contribution in [-0.4, -0.2) is 53.6 Å². The van der Waals surface area contributed by atoms with Crippen molar-refractivity contribution in [1.82, 2.24) is 14.4 Å². The second-order valence-corrected chi connectivity index (χ2v) is 10.2. The number of aryl methyl sites for hydroxylation is 2. The molecule has 1 amide bonds. The van der Waals surface area contributed by atoms with E-state index in [2.05, 4.69) is 5.16 Å². The van der Waals surface area contributed by atoms with Gasteiger partial charge in [-0.2, -0.15) is 4.31 Å². The van der Waals surface area contributed by atoms with E-state index in [-0.39, 0.29) is 18.0 Å². The van der Waals surface area contributed by atoms with E-state index in [1.54, 1.807) is 23.1 Å². The Balaban J connectivity index is 1.62. The molecule has 0 spiro atoms. The zero-order valence-corrected chi connectivity index (χ0v) is 18.5. The number of carbonyl (C=O) groups is 1. The highest BCUT2D eigenvalue weighted by Crippen LogP contribution is 2.32. The lowest BCUT2D eigenvalue weighted by Gasteiger charge is -2.26. The first-order valence-corrected chi connectivity index (χ1v) is 11.9. The summed E-state index contributed by atoms with van der Waals surface area (Å²) in [5, 5.41) is 3.90. The topological polar surface area (TPSA) is 93.0 Å². The number of fused-ring (bicyclic) bond motifs is 1. The van der Waals surface area contributed by atoms with Gasteiger partial charge in [0.1, 0.15) is 23.7 Å². The fourth-order valence-electron chi connectivity index (χ4n) is 3.90. The van der Waals surface area contributed by atoms with Gasteiger partial charge in [-0.1, -0.05) is 11.2 Å². The van der Waals surface area contributed by atoms with Gasteiger partial charge in [0.2, 0.25) is 10.0 Å². The number of amides is 1. The number of aromatic nitrogens is 1. The highest BCUT2D eigenvalue weighted by molar-refractivity contribution is 7.88. The molecule has 1 fully saturated rings. The van der Waals surface area contributed by atoms with Crippen molar-refractivity contribution in [3.63, 3.8) is 0 Å². The molecule has 1 aliphatic heterocycles. The van der Waals surface area contributed by atoms with Gasteiger partial charge in [0.15, 0.2) is 0 Å². The molecule has 0 bridgehead atoms. The largest absolute Gasteiger partial charge is 0.491 e. The summed E-state index contributed by atoms with van der Waals surface area (Å²) in [6, 6.07) is 5.67. The Morgan fingerprint density at radius 2 is 2.03 bits per heavy atom. The summed E-state index contributed by atoms with van der Waals surface area (Å²) >= 11 is 0. The molecule has 162 valence electrons. The Morgan fingerprint density at radius 1 is 1.30 bits per heavy atom. The lowest BCUT2D eigenvalue weighted by molar-refractivity contribution is 0.0643. The number of sulfonamides is 1. The van der Waals surface area contributed by atoms with Crippen LogP contribution < -0.4 is 4.74 Å². The molecule has 1 saturated carbocycles. The predicted octanol–water partition coefficient (Wildman–Crippen LogP) is 2.64. The van der Waals surface area contributed by atoms with Crippen LogP contribution in [0.3, 0.4) is 0 Å². The van der Waals surface area contributed by atoms with Crippen molar-refractivity contribution in [2.24, 2.45) is 0 Å². The summed E-state index contributed by atoms with van der Waals surface area (Å²) in [5.41, 5.74) is 2.80. The van der Waals surface area contributed by atoms with Crippen molar-refractivity contribution in [3.05, 3.63) is 46.3 Å². The predicted molar refractivity (Wildman–Crippen MR) is 111 cm³/mol. The first-order valence-electron chi connectivity index (χ1n) is 10.1. The maximum absolute atomic E-state index is 13.3. The van der Waals surface area contributed by atoms with E-state index in [1.807, 2.05) is 25.1 Å². The number of nitrogens with zero attached hydrogens (tertiary/aromatic N) is 3. The van der Waals surface area contributed by atoms with Gasteiger partial charge < -0.3 is 14.2 Å². The minimum Gasteiger partial charge on any atom is -0.491 e. The molecule has 0 saturated heterocycles. The summed E-state index contributed by atoms with van der Waals surface area (Å²) < 4.78 is 37.0. The molecule has 1 aromatic carbocycles. The first kappa shape index (κ1) is 20.9. The van der Waals surface area contributed by atoms with E-state index < -0.39 is 10.0 Å². The first-order chi connectivity index (χ1) is 14.1. The second-order valence-electron chi connectivity index (χ2n) is 8.27. The summed E-state index contributed by atoms with van der Waals surface area (Å²) in [7, 11) is -3.28. The third-order valence-corrected chi connectivity index (χ3v) is 6.98. The maximum Gasteiger partial charge on any atom is 0.260 e. The van der Waals surface area contributed by atoms with Crippen molar-refractivity contribution in [2.45, 2.75) is 58.8 Å². The standard InChI is InChI=1S/C21H27N3O5S/c1-13-12-28-19-8-5-16(10-24(18-6-7-18)30(4,26)27)9-17(19)11-23(13)21(25)20-14(2)22-29-15(20)3/h5,8-9,13,18H,6-7,10-12H2,1-4H3/t13-/m0/s1. The summed E-state index contributed by atoms with van der Waals surface area (Å²) in [6.07, 6.45) is 3.06. The molecule has 2 aliphatic rings. The van der Waals surface area contributed by atoms with Crippen LogP contribution in [0.15, 0.2) is 22.7 Å². The van der Waals surface area contributed by atoms with E-state index in [9.17, 15) is 13.2 Å². The monoisotopic (exact) mass is 433 g/mol. The van der Waals surface area contributed by atoms with Gasteiger partial charge in [0, 0.05) is 18.2 Å². The molecule has 30 heavy (non-hydrogen) atoms. The van der Waals surface area contributed by atoms with E-state index in [4.69, 9.17) is 9.26 Å². The van der Waals surface area contributed by atoms with Crippen LogP contribution in [0.5, 0.6) is 5.75 Å². The average Bonchev–Trinajstić information content (AvgIpc) is 3.47. The average molecular weight is 434 g/mol. The minimum atomic E-state index is -3.28. The van der Waals surface area contributed by atoms with Crippen molar-refractivity contribution >= 4 is 15.9 Å². The summed E-state index contributed by atoms with van der Waals surface area (Å²) in [5.74, 6) is 1.07. The molecule has 2 aromatic rings. The molecule has 2 heterocycles. The number of benzene rings is 1. The van der Waals surface area contributed by atoms with Crippen molar-refractivity contribution in [1.29, 1.82) is 0 Å². The van der Waals surface area contributed by atoms with Gasteiger partial charge >= 0.3 is 0 Å². The van der Waals surface area contributed by atoms with E-state index in [0.717, 1.165) is 29.7 Å². The minimum absolute atomic E-state index is 0.0905. The molecule has 9 heteroatoms. The van der Waals surface area contributed by atoms with Gasteiger partial charge in [-0.15, -0.1) is 0 Å². The van der Waals surface area contributed by atoms with Crippen molar-refractivity contribution in [3.8, 4) is 5.75 Å². The summed E-state index contributed by atoms with van der Waals surface area (Å²) in [6.45, 7) is 6.50. The Hall–Kier alpha value is -2.39. The summed E-state index contributed by atoms with van der Waals surface area (Å²) in [4.78, 5) is 15.0. The van der Waals surface area contributed by atoms with Crippen molar-refractivity contribution in [2.75, 3.05) is 12.9 Å². The van der Waals surface area contributed by atoms with E-state index in [1.165, 1.54) is 6.26 Å². The normalized spacial score (nSPS) is 19.4. The van der Waals surface area contributed by atoms with Gasteiger partial charge in [0.05, 0.1) is 24.5 Å². The maximum atomic E-state index is 13.3. The van der Waals surface area contributed by atoms with Crippen LogP contribution in [0.4, 0.5) is 0 Å². The van der Waals surface area contributed by atoms with Crippen LogP contribution in [0.25, 0.3) is 0 Å². The van der Waals surface area contributed by atoms with E-state index >= 15 is 0 Å². The lowest BCUT2D eigenvalue weighted by Crippen LogP contribution is -2.40. The Labute approximate surface area is 176 Å². The number of rotatable bonds is 5. The zero-order chi connectivity index (χ0) is 21.6. The third-order valence-electron chi connectivity index (χ3n) is 5.70. The SMILES string of the molecule is Cc1noc(C)c1C(=O)N1Cc2cc(CN(C3CC3)S(C)(=O)=O)ccc2OC[C@@H]1C. The number of ether oxygens (including phenoxy) is 1. The number of hydrogen-bond donors (Lipinski definition) is 0. The quantitative estimate of drug-likeness (QED) is 0.720. The van der Waals surface area contributed by atoms with Gasteiger partial charge in [-0.05, 0) is 51.3 Å².